The molecular formula is C15H17N3O3. The number of carbonyl (C=O) groups is 2. The number of carboxylic acid groups (broad SMARTS) is 1. The van der Waals surface area contributed by atoms with Crippen LogP contribution in [0.5, 0.6) is 0 Å². The van der Waals surface area contributed by atoms with Crippen LogP contribution in [-0.2, 0) is 11.2 Å². The Bertz CT molecular complexity index is 735. The van der Waals surface area contributed by atoms with E-state index in [1.165, 1.54) is 0 Å². The Labute approximate surface area is 122 Å². The molecule has 1 amide bonds. The van der Waals surface area contributed by atoms with Crippen LogP contribution < -0.4 is 0 Å². The first kappa shape index (κ1) is 13.6. The van der Waals surface area contributed by atoms with Gasteiger partial charge in [-0.3, -0.25) is 4.79 Å². The van der Waals surface area contributed by atoms with Gasteiger partial charge in [-0.25, -0.2) is 9.78 Å². The largest absolute Gasteiger partial charge is 0.478 e. The van der Waals surface area contributed by atoms with Gasteiger partial charge in [-0.1, -0.05) is 13.0 Å². The van der Waals surface area contributed by atoms with E-state index in [0.29, 0.717) is 30.4 Å². The standard InChI is InChI=1S/C15H17N3O3/c1-3-12-16-10-6-4-5-9(15(20)21)13(10)18(12)11-7-8-17(2)14(11)19/h4-6,11H,3,7-8H2,1-2H3,(H,20,21). The fraction of sp³-hybridized carbons (Fsp3) is 0.400. The predicted molar refractivity (Wildman–Crippen MR) is 77.4 cm³/mol. The number of imidazole rings is 1. The SMILES string of the molecule is CCc1nc2cccc(C(=O)O)c2n1C1CCN(C)C1=O. The van der Waals surface area contributed by atoms with E-state index in [0.717, 1.165) is 5.82 Å². The third-order valence-corrected chi connectivity index (χ3v) is 4.04. The van der Waals surface area contributed by atoms with Crippen molar-refractivity contribution in [2.75, 3.05) is 13.6 Å². The molecule has 2 aromatic rings. The van der Waals surface area contributed by atoms with Crippen LogP contribution in [0.15, 0.2) is 18.2 Å². The van der Waals surface area contributed by atoms with E-state index in [9.17, 15) is 14.7 Å². The minimum atomic E-state index is -0.997. The van der Waals surface area contributed by atoms with Crippen molar-refractivity contribution in [3.05, 3.63) is 29.6 Å². The lowest BCUT2D eigenvalue weighted by atomic mass is 10.1. The summed E-state index contributed by atoms with van der Waals surface area (Å²) in [4.78, 5) is 30.0. The minimum Gasteiger partial charge on any atom is -0.478 e. The molecule has 1 unspecified atom stereocenters. The summed E-state index contributed by atoms with van der Waals surface area (Å²) in [6.07, 6.45) is 1.34. The summed E-state index contributed by atoms with van der Waals surface area (Å²) in [7, 11) is 1.77. The Morgan fingerprint density at radius 1 is 1.48 bits per heavy atom. The van der Waals surface area contributed by atoms with E-state index in [1.54, 1.807) is 30.1 Å². The number of amides is 1. The highest BCUT2D eigenvalue weighted by Gasteiger charge is 2.34. The highest BCUT2D eigenvalue weighted by atomic mass is 16.4. The third-order valence-electron chi connectivity index (χ3n) is 4.04. The molecule has 6 nitrogen and oxygen atoms in total. The molecule has 2 heterocycles. The zero-order chi connectivity index (χ0) is 15.1. The first-order valence-corrected chi connectivity index (χ1v) is 7.02. The number of hydrogen-bond acceptors (Lipinski definition) is 3. The van der Waals surface area contributed by atoms with E-state index in [2.05, 4.69) is 4.98 Å². The molecule has 1 fully saturated rings. The smallest absolute Gasteiger partial charge is 0.337 e. The summed E-state index contributed by atoms with van der Waals surface area (Å²) >= 11 is 0. The summed E-state index contributed by atoms with van der Waals surface area (Å²) in [5.74, 6) is -0.222. The molecule has 0 aliphatic carbocycles. The zero-order valence-corrected chi connectivity index (χ0v) is 12.0. The van der Waals surface area contributed by atoms with Gasteiger partial charge in [0.05, 0.1) is 16.6 Å². The average Bonchev–Trinajstić information content (AvgIpc) is 2.99. The Kier molecular flexibility index (Phi) is 3.16. The predicted octanol–water partition coefficient (Wildman–Crippen LogP) is 1.70. The van der Waals surface area contributed by atoms with Crippen molar-refractivity contribution in [3.63, 3.8) is 0 Å². The number of likely N-dealkylation sites (tertiary alicyclic amines) is 1. The molecule has 21 heavy (non-hydrogen) atoms. The molecule has 1 atom stereocenters. The number of aromatic carboxylic acids is 1. The van der Waals surface area contributed by atoms with Gasteiger partial charge >= 0.3 is 5.97 Å². The van der Waals surface area contributed by atoms with Crippen LogP contribution in [0.4, 0.5) is 0 Å². The number of fused-ring (bicyclic) bond motifs is 1. The number of hydrogen-bond donors (Lipinski definition) is 1. The summed E-state index contributed by atoms with van der Waals surface area (Å²) in [6.45, 7) is 2.64. The van der Waals surface area contributed by atoms with Gasteiger partial charge in [0.2, 0.25) is 5.91 Å². The van der Waals surface area contributed by atoms with E-state index in [-0.39, 0.29) is 17.5 Å². The number of aromatic nitrogens is 2. The van der Waals surface area contributed by atoms with Gasteiger partial charge in [0, 0.05) is 20.0 Å². The van der Waals surface area contributed by atoms with Crippen molar-refractivity contribution in [2.45, 2.75) is 25.8 Å². The molecule has 1 N–H and O–H groups in total. The van der Waals surface area contributed by atoms with E-state index in [4.69, 9.17) is 0 Å². The highest BCUT2D eigenvalue weighted by molar-refractivity contribution is 6.02. The summed E-state index contributed by atoms with van der Waals surface area (Å²) in [5, 5.41) is 9.41. The van der Waals surface area contributed by atoms with Crippen molar-refractivity contribution in [2.24, 2.45) is 0 Å². The number of carbonyl (C=O) groups excluding carboxylic acids is 1. The lowest BCUT2D eigenvalue weighted by molar-refractivity contribution is -0.129. The number of nitrogens with zero attached hydrogens (tertiary/aromatic N) is 3. The monoisotopic (exact) mass is 287 g/mol. The van der Waals surface area contributed by atoms with Crippen molar-refractivity contribution in [1.29, 1.82) is 0 Å². The Morgan fingerprint density at radius 3 is 2.81 bits per heavy atom. The molecule has 1 aromatic heterocycles. The topological polar surface area (TPSA) is 75.4 Å². The number of likely N-dealkylation sites (N-methyl/N-ethyl adjacent to an activating group) is 1. The Hall–Kier alpha value is -2.37. The molecule has 1 aliphatic heterocycles. The molecule has 110 valence electrons. The van der Waals surface area contributed by atoms with Crippen molar-refractivity contribution >= 4 is 22.9 Å². The van der Waals surface area contributed by atoms with Gasteiger partial charge < -0.3 is 14.6 Å². The normalized spacial score (nSPS) is 18.7. The Balaban J connectivity index is 2.29. The second kappa shape index (κ2) is 4.87. The number of aryl methyl sites for hydroxylation is 1. The van der Waals surface area contributed by atoms with Crippen LogP contribution >= 0.6 is 0 Å². The van der Waals surface area contributed by atoms with Gasteiger partial charge in [-0.05, 0) is 18.6 Å². The minimum absolute atomic E-state index is 0.0178. The van der Waals surface area contributed by atoms with Gasteiger partial charge in [0.1, 0.15) is 11.9 Å². The molecule has 1 saturated heterocycles. The molecule has 0 spiro atoms. The maximum Gasteiger partial charge on any atom is 0.337 e. The second-order valence-corrected chi connectivity index (χ2v) is 5.29. The van der Waals surface area contributed by atoms with Gasteiger partial charge in [0.25, 0.3) is 0 Å². The lowest BCUT2D eigenvalue weighted by Gasteiger charge is -2.16. The summed E-state index contributed by atoms with van der Waals surface area (Å²) < 4.78 is 1.82. The molecule has 1 aliphatic rings. The molecule has 0 saturated carbocycles. The fourth-order valence-corrected chi connectivity index (χ4v) is 3.00. The van der Waals surface area contributed by atoms with Crippen LogP contribution in [0.2, 0.25) is 0 Å². The van der Waals surface area contributed by atoms with Crippen LogP contribution in [-0.4, -0.2) is 45.0 Å². The molecule has 0 radical (unpaired) electrons. The van der Waals surface area contributed by atoms with Crippen LogP contribution in [0, 0.1) is 0 Å². The molecule has 0 bridgehead atoms. The molecular weight excluding hydrogens is 270 g/mol. The number of rotatable bonds is 3. The average molecular weight is 287 g/mol. The van der Waals surface area contributed by atoms with E-state index in [1.807, 2.05) is 11.5 Å². The van der Waals surface area contributed by atoms with Crippen LogP contribution in [0.3, 0.4) is 0 Å². The van der Waals surface area contributed by atoms with Crippen molar-refractivity contribution < 1.29 is 14.7 Å². The second-order valence-electron chi connectivity index (χ2n) is 5.29. The van der Waals surface area contributed by atoms with Crippen LogP contribution in [0.1, 0.15) is 35.6 Å². The summed E-state index contributed by atoms with van der Waals surface area (Å²) in [5.41, 5.74) is 1.38. The lowest BCUT2D eigenvalue weighted by Crippen LogP contribution is -2.25. The van der Waals surface area contributed by atoms with Gasteiger partial charge in [-0.2, -0.15) is 0 Å². The highest BCUT2D eigenvalue weighted by Crippen LogP contribution is 2.30. The quantitative estimate of drug-likeness (QED) is 0.932. The first-order chi connectivity index (χ1) is 10.0. The summed E-state index contributed by atoms with van der Waals surface area (Å²) in [6, 6.07) is 4.69. The zero-order valence-electron chi connectivity index (χ0n) is 12.0. The van der Waals surface area contributed by atoms with Gasteiger partial charge in [0.15, 0.2) is 0 Å². The van der Waals surface area contributed by atoms with Gasteiger partial charge in [-0.15, -0.1) is 0 Å². The van der Waals surface area contributed by atoms with Crippen molar-refractivity contribution in [1.82, 2.24) is 14.5 Å². The van der Waals surface area contributed by atoms with Crippen molar-refractivity contribution in [3.8, 4) is 0 Å². The number of para-hydroxylation sites is 1. The van der Waals surface area contributed by atoms with Crippen LogP contribution in [0.25, 0.3) is 11.0 Å². The number of benzene rings is 1. The maximum atomic E-state index is 12.3. The first-order valence-electron chi connectivity index (χ1n) is 7.02. The fourth-order valence-electron chi connectivity index (χ4n) is 3.00. The molecule has 1 aromatic carbocycles. The number of carboxylic acids is 1. The molecule has 3 rings (SSSR count). The van der Waals surface area contributed by atoms with E-state index < -0.39 is 5.97 Å². The third kappa shape index (κ3) is 1.98. The Morgan fingerprint density at radius 2 is 2.24 bits per heavy atom. The van der Waals surface area contributed by atoms with E-state index >= 15 is 0 Å². The maximum absolute atomic E-state index is 12.3. The molecule has 6 heteroatoms.